The van der Waals surface area contributed by atoms with Crippen LogP contribution in [0.1, 0.15) is 18.2 Å². The number of nitro groups is 1. The Morgan fingerprint density at radius 3 is 2.53 bits per heavy atom. The number of esters is 1. The number of nitrogens with zero attached hydrogens (tertiary/aromatic N) is 5. The van der Waals surface area contributed by atoms with E-state index in [1.807, 2.05) is 17.5 Å². The first-order valence-electron chi connectivity index (χ1n) is 8.68. The van der Waals surface area contributed by atoms with Crippen LogP contribution in [0.25, 0.3) is 22.1 Å². The lowest BCUT2D eigenvalue weighted by atomic mass is 10.2. The average Bonchev–Trinajstić information content (AvgIpc) is 3.52. The van der Waals surface area contributed by atoms with Crippen molar-refractivity contribution >= 4 is 23.0 Å². The normalized spacial score (nSPS) is 10.8. The first kappa shape index (κ1) is 19.4. The van der Waals surface area contributed by atoms with Gasteiger partial charge in [-0.1, -0.05) is 16.4 Å². The topological polar surface area (TPSA) is 147 Å². The molecule has 0 bridgehead atoms. The molecule has 0 fully saturated rings. The van der Waals surface area contributed by atoms with E-state index in [4.69, 9.17) is 13.8 Å². The molecule has 1 aromatic carbocycles. The van der Waals surface area contributed by atoms with Crippen LogP contribution in [0.3, 0.4) is 0 Å². The number of nitro benzene ring substituents is 1. The largest absolute Gasteiger partial charge is 0.456 e. The highest BCUT2D eigenvalue weighted by atomic mass is 32.1. The Kier molecular flexibility index (Phi) is 5.57. The number of hydrogen-bond donors (Lipinski definition) is 0. The molecule has 0 saturated heterocycles. The molecule has 11 nitrogen and oxygen atoms in total. The molecular weight excluding hydrogens is 414 g/mol. The Labute approximate surface area is 172 Å². The minimum absolute atomic E-state index is 0.0415. The number of aryl methyl sites for hydroxylation is 1. The standard InChI is InChI=1S/C18H13N5O6S/c24-16(8-7-14-19-18(22-28-14)13-2-1-9-30-13)27-10-15-20-17(21-29-15)11-3-5-12(6-4-11)23(25)26/h1-6,9H,7-8,10H2. The highest BCUT2D eigenvalue weighted by Gasteiger charge is 2.15. The molecule has 0 aliphatic carbocycles. The smallest absolute Gasteiger partial charge is 0.306 e. The Bertz CT molecular complexity index is 1150. The zero-order valence-electron chi connectivity index (χ0n) is 15.3. The van der Waals surface area contributed by atoms with E-state index in [1.54, 1.807) is 0 Å². The number of hydrogen-bond acceptors (Lipinski definition) is 11. The fourth-order valence-corrected chi connectivity index (χ4v) is 3.10. The van der Waals surface area contributed by atoms with Gasteiger partial charge in [0, 0.05) is 24.1 Å². The van der Waals surface area contributed by atoms with Crippen LogP contribution in [-0.4, -0.2) is 31.2 Å². The van der Waals surface area contributed by atoms with Gasteiger partial charge in [0.15, 0.2) is 6.61 Å². The number of ether oxygens (including phenoxy) is 1. The van der Waals surface area contributed by atoms with Crippen LogP contribution in [-0.2, 0) is 22.6 Å². The lowest BCUT2D eigenvalue weighted by molar-refractivity contribution is -0.384. The average molecular weight is 427 g/mol. The van der Waals surface area contributed by atoms with E-state index < -0.39 is 10.9 Å². The van der Waals surface area contributed by atoms with Crippen molar-refractivity contribution in [2.45, 2.75) is 19.4 Å². The van der Waals surface area contributed by atoms with Crippen LogP contribution in [0.4, 0.5) is 5.69 Å². The van der Waals surface area contributed by atoms with Crippen molar-refractivity contribution in [2.24, 2.45) is 0 Å². The fourth-order valence-electron chi connectivity index (χ4n) is 2.45. The molecule has 0 aliphatic rings. The van der Waals surface area contributed by atoms with E-state index in [1.165, 1.54) is 35.6 Å². The third kappa shape index (κ3) is 4.55. The third-order valence-electron chi connectivity index (χ3n) is 3.91. The van der Waals surface area contributed by atoms with Crippen LogP contribution in [0.2, 0.25) is 0 Å². The van der Waals surface area contributed by atoms with Gasteiger partial charge in [0.05, 0.1) is 16.2 Å². The van der Waals surface area contributed by atoms with Crippen molar-refractivity contribution in [3.63, 3.8) is 0 Å². The van der Waals surface area contributed by atoms with Crippen molar-refractivity contribution < 1.29 is 23.5 Å². The lowest BCUT2D eigenvalue weighted by Crippen LogP contribution is -2.06. The fraction of sp³-hybridized carbons (Fsp3) is 0.167. The van der Waals surface area contributed by atoms with Crippen LogP contribution in [0.5, 0.6) is 0 Å². The molecule has 4 rings (SSSR count). The Balaban J connectivity index is 1.27. The van der Waals surface area contributed by atoms with E-state index >= 15 is 0 Å². The van der Waals surface area contributed by atoms with Gasteiger partial charge in [0.25, 0.3) is 11.6 Å². The van der Waals surface area contributed by atoms with E-state index in [-0.39, 0.29) is 36.9 Å². The number of non-ortho nitro benzene ring substituents is 1. The van der Waals surface area contributed by atoms with Gasteiger partial charge in [-0.3, -0.25) is 14.9 Å². The summed E-state index contributed by atoms with van der Waals surface area (Å²) in [5, 5.41) is 20.3. The Hall–Kier alpha value is -3.93. The highest BCUT2D eigenvalue weighted by molar-refractivity contribution is 7.13. The first-order valence-corrected chi connectivity index (χ1v) is 9.56. The van der Waals surface area contributed by atoms with Gasteiger partial charge in [0.1, 0.15) is 0 Å². The van der Waals surface area contributed by atoms with Crippen LogP contribution < -0.4 is 0 Å². The van der Waals surface area contributed by atoms with Crippen LogP contribution >= 0.6 is 11.3 Å². The maximum atomic E-state index is 11.9. The predicted octanol–water partition coefficient (Wildman–Crippen LogP) is 3.43. The molecule has 30 heavy (non-hydrogen) atoms. The molecule has 0 amide bonds. The summed E-state index contributed by atoms with van der Waals surface area (Å²) in [6.45, 7) is -0.191. The quantitative estimate of drug-likeness (QED) is 0.233. The number of carbonyl (C=O) groups is 1. The summed E-state index contributed by atoms with van der Waals surface area (Å²) in [6.07, 6.45) is 0.296. The minimum atomic E-state index is -0.498. The SMILES string of the molecule is O=C(CCc1nc(-c2cccs2)no1)OCc1nc(-c2ccc([N+](=O)[O-])cc2)no1. The zero-order chi connectivity index (χ0) is 20.9. The van der Waals surface area contributed by atoms with E-state index in [2.05, 4.69) is 20.3 Å². The molecule has 0 N–H and O–H groups in total. The van der Waals surface area contributed by atoms with Gasteiger partial charge in [-0.25, -0.2) is 0 Å². The maximum Gasteiger partial charge on any atom is 0.306 e. The molecule has 0 radical (unpaired) electrons. The Morgan fingerprint density at radius 2 is 1.80 bits per heavy atom. The van der Waals surface area contributed by atoms with Crippen molar-refractivity contribution in [1.29, 1.82) is 0 Å². The summed E-state index contributed by atoms with van der Waals surface area (Å²) < 4.78 is 15.3. The summed E-state index contributed by atoms with van der Waals surface area (Å²) in [4.78, 5) is 31.4. The number of aromatic nitrogens is 4. The number of carbonyl (C=O) groups excluding carboxylic acids is 1. The third-order valence-corrected chi connectivity index (χ3v) is 4.78. The van der Waals surface area contributed by atoms with Crippen LogP contribution in [0.15, 0.2) is 50.8 Å². The van der Waals surface area contributed by atoms with Crippen molar-refractivity contribution in [3.8, 4) is 22.1 Å². The lowest BCUT2D eigenvalue weighted by Gasteiger charge is -1.99. The molecule has 152 valence electrons. The summed E-state index contributed by atoms with van der Waals surface area (Å²) in [5.74, 6) is 0.685. The highest BCUT2D eigenvalue weighted by Crippen LogP contribution is 2.22. The Morgan fingerprint density at radius 1 is 1.07 bits per heavy atom. The van der Waals surface area contributed by atoms with Crippen molar-refractivity contribution in [1.82, 2.24) is 20.3 Å². The zero-order valence-corrected chi connectivity index (χ0v) is 16.1. The number of thiophene rings is 1. The van der Waals surface area contributed by atoms with Gasteiger partial charge in [-0.15, -0.1) is 11.3 Å². The second kappa shape index (κ2) is 8.61. The monoisotopic (exact) mass is 427 g/mol. The van der Waals surface area contributed by atoms with E-state index in [0.717, 1.165) is 4.88 Å². The molecular formula is C18H13N5O6S. The molecule has 3 heterocycles. The summed E-state index contributed by atoms with van der Waals surface area (Å²) in [7, 11) is 0. The molecule has 4 aromatic rings. The van der Waals surface area contributed by atoms with E-state index in [0.29, 0.717) is 17.3 Å². The molecule has 12 heteroatoms. The van der Waals surface area contributed by atoms with E-state index in [9.17, 15) is 14.9 Å². The molecule has 0 unspecified atom stereocenters. The second-order valence-corrected chi connectivity index (χ2v) is 6.91. The van der Waals surface area contributed by atoms with Crippen LogP contribution in [0, 0.1) is 10.1 Å². The van der Waals surface area contributed by atoms with Gasteiger partial charge >= 0.3 is 5.97 Å². The maximum absolute atomic E-state index is 11.9. The second-order valence-electron chi connectivity index (χ2n) is 5.97. The molecule has 0 saturated carbocycles. The van der Waals surface area contributed by atoms with Crippen molar-refractivity contribution in [2.75, 3.05) is 0 Å². The van der Waals surface area contributed by atoms with Crippen molar-refractivity contribution in [3.05, 3.63) is 63.7 Å². The molecule has 0 atom stereocenters. The summed E-state index contributed by atoms with van der Waals surface area (Å²) in [6, 6.07) is 9.46. The predicted molar refractivity (Wildman–Crippen MR) is 102 cm³/mol. The van der Waals surface area contributed by atoms with Gasteiger partial charge in [0.2, 0.25) is 17.5 Å². The minimum Gasteiger partial charge on any atom is -0.456 e. The first-order chi connectivity index (χ1) is 14.6. The summed E-state index contributed by atoms with van der Waals surface area (Å²) in [5.41, 5.74) is 0.500. The number of rotatable bonds is 8. The number of benzene rings is 1. The van der Waals surface area contributed by atoms with Gasteiger partial charge < -0.3 is 13.8 Å². The summed E-state index contributed by atoms with van der Waals surface area (Å²) >= 11 is 1.49. The molecule has 0 spiro atoms. The van der Waals surface area contributed by atoms with Gasteiger partial charge in [-0.05, 0) is 23.6 Å². The van der Waals surface area contributed by atoms with Gasteiger partial charge in [-0.2, -0.15) is 9.97 Å². The molecule has 0 aliphatic heterocycles. The molecule has 3 aromatic heterocycles.